The lowest BCUT2D eigenvalue weighted by Crippen LogP contribution is -2.21. The first-order valence-corrected chi connectivity index (χ1v) is 10.7. The number of carbonyl (C=O) groups is 1. The second kappa shape index (κ2) is 9.20. The average Bonchev–Trinajstić information content (AvgIpc) is 3.09. The van der Waals surface area contributed by atoms with Crippen LogP contribution in [0.2, 0.25) is 0 Å². The Kier molecular flexibility index (Phi) is 6.69. The van der Waals surface area contributed by atoms with Crippen molar-refractivity contribution in [3.05, 3.63) is 29.8 Å². The molecule has 0 bridgehead atoms. The van der Waals surface area contributed by atoms with Gasteiger partial charge in [-0.15, -0.1) is 10.2 Å². The Morgan fingerprint density at radius 1 is 1.24 bits per heavy atom. The van der Waals surface area contributed by atoms with Crippen LogP contribution in [0.5, 0.6) is 0 Å². The highest BCUT2D eigenvalue weighted by Gasteiger charge is 2.15. The van der Waals surface area contributed by atoms with Gasteiger partial charge in [0.15, 0.2) is 4.34 Å². The number of hydrogen-bond donors (Lipinski definition) is 2. The van der Waals surface area contributed by atoms with E-state index in [4.69, 9.17) is 0 Å². The van der Waals surface area contributed by atoms with Gasteiger partial charge in [0.25, 0.3) is 0 Å². The van der Waals surface area contributed by atoms with Crippen LogP contribution in [0.3, 0.4) is 0 Å². The van der Waals surface area contributed by atoms with Crippen molar-refractivity contribution in [2.75, 3.05) is 16.4 Å². The maximum absolute atomic E-state index is 12.2. The molecule has 0 unspecified atom stereocenters. The van der Waals surface area contributed by atoms with Crippen molar-refractivity contribution in [1.82, 2.24) is 10.2 Å². The fourth-order valence-corrected chi connectivity index (χ4v) is 4.64. The van der Waals surface area contributed by atoms with Crippen LogP contribution in [-0.4, -0.2) is 27.9 Å². The third-order valence-electron chi connectivity index (χ3n) is 4.34. The molecule has 1 aromatic heterocycles. The van der Waals surface area contributed by atoms with E-state index in [1.807, 2.05) is 24.3 Å². The molecule has 0 spiro atoms. The summed E-state index contributed by atoms with van der Waals surface area (Å²) in [5.74, 6) is 0.332. The molecule has 1 saturated carbocycles. The molecule has 5 nitrogen and oxygen atoms in total. The van der Waals surface area contributed by atoms with Gasteiger partial charge in [0.05, 0.1) is 5.75 Å². The zero-order chi connectivity index (χ0) is 17.5. The summed E-state index contributed by atoms with van der Waals surface area (Å²) in [6.45, 7) is 2.09. The van der Waals surface area contributed by atoms with Crippen molar-refractivity contribution in [3.63, 3.8) is 0 Å². The van der Waals surface area contributed by atoms with Gasteiger partial charge in [-0.1, -0.05) is 67.5 Å². The standard InChI is InChI=1S/C18H24N4OS2/c1-2-13-8-6-7-11-15(13)20-16(23)12-24-18-22-21-17(25-18)19-14-9-4-3-5-10-14/h6-8,11,14H,2-5,9-10,12H2,1H3,(H,19,21)(H,20,23). The first-order valence-electron chi connectivity index (χ1n) is 8.85. The number of thioether (sulfide) groups is 1. The lowest BCUT2D eigenvalue weighted by molar-refractivity contribution is -0.113. The highest BCUT2D eigenvalue weighted by atomic mass is 32.2. The minimum absolute atomic E-state index is 0.0112. The molecule has 3 rings (SSSR count). The second-order valence-electron chi connectivity index (χ2n) is 6.20. The molecule has 7 heteroatoms. The number of amides is 1. The van der Waals surface area contributed by atoms with E-state index >= 15 is 0 Å². The minimum Gasteiger partial charge on any atom is -0.357 e. The predicted octanol–water partition coefficient (Wildman–Crippen LogP) is 4.58. The molecule has 2 N–H and O–H groups in total. The third-order valence-corrected chi connectivity index (χ3v) is 6.33. The molecule has 25 heavy (non-hydrogen) atoms. The topological polar surface area (TPSA) is 66.9 Å². The number of rotatable bonds is 7. The number of anilines is 2. The van der Waals surface area contributed by atoms with Gasteiger partial charge in [0.2, 0.25) is 11.0 Å². The normalized spacial score (nSPS) is 15.1. The summed E-state index contributed by atoms with van der Waals surface area (Å²) >= 11 is 2.97. The van der Waals surface area contributed by atoms with E-state index in [0.29, 0.717) is 11.8 Å². The van der Waals surface area contributed by atoms with Crippen molar-refractivity contribution >= 4 is 39.8 Å². The molecule has 0 atom stereocenters. The summed E-state index contributed by atoms with van der Waals surface area (Å²) < 4.78 is 0.831. The van der Waals surface area contributed by atoms with Gasteiger partial charge >= 0.3 is 0 Å². The zero-order valence-electron chi connectivity index (χ0n) is 14.5. The van der Waals surface area contributed by atoms with Crippen molar-refractivity contribution < 1.29 is 4.79 Å². The maximum atomic E-state index is 12.2. The quantitative estimate of drug-likeness (QED) is 0.693. The van der Waals surface area contributed by atoms with Gasteiger partial charge in [0, 0.05) is 11.7 Å². The Morgan fingerprint density at radius 3 is 2.84 bits per heavy atom. The number of nitrogens with one attached hydrogen (secondary N) is 2. The fraction of sp³-hybridized carbons (Fsp3) is 0.500. The van der Waals surface area contributed by atoms with Crippen LogP contribution in [0.1, 0.15) is 44.6 Å². The molecule has 0 aliphatic heterocycles. The summed E-state index contributed by atoms with van der Waals surface area (Å²) in [6, 6.07) is 8.43. The number of benzene rings is 1. The van der Waals surface area contributed by atoms with Gasteiger partial charge in [-0.2, -0.15) is 0 Å². The van der Waals surface area contributed by atoms with E-state index in [2.05, 4.69) is 27.8 Å². The van der Waals surface area contributed by atoms with Crippen molar-refractivity contribution in [3.8, 4) is 0 Å². The summed E-state index contributed by atoms with van der Waals surface area (Å²) in [4.78, 5) is 12.2. The summed E-state index contributed by atoms with van der Waals surface area (Å²) in [5, 5.41) is 15.7. The number of nitrogens with zero attached hydrogens (tertiary/aromatic N) is 2. The van der Waals surface area contributed by atoms with Crippen LogP contribution in [0, 0.1) is 0 Å². The van der Waals surface area contributed by atoms with Gasteiger partial charge in [0.1, 0.15) is 0 Å². The molecule has 1 aliphatic rings. The first kappa shape index (κ1) is 18.2. The van der Waals surface area contributed by atoms with Crippen molar-refractivity contribution in [2.45, 2.75) is 55.8 Å². The van der Waals surface area contributed by atoms with Crippen LogP contribution in [0.25, 0.3) is 0 Å². The molecule has 134 valence electrons. The molecule has 0 saturated heterocycles. The van der Waals surface area contributed by atoms with Gasteiger partial charge in [-0.05, 0) is 30.9 Å². The van der Waals surface area contributed by atoms with Crippen LogP contribution >= 0.6 is 23.1 Å². The van der Waals surface area contributed by atoms with E-state index in [0.717, 1.165) is 27.1 Å². The monoisotopic (exact) mass is 376 g/mol. The van der Waals surface area contributed by atoms with Gasteiger partial charge < -0.3 is 10.6 Å². The van der Waals surface area contributed by atoms with Crippen LogP contribution in [-0.2, 0) is 11.2 Å². The fourth-order valence-electron chi connectivity index (χ4n) is 3.01. The van der Waals surface area contributed by atoms with Crippen LogP contribution < -0.4 is 10.6 Å². The van der Waals surface area contributed by atoms with E-state index < -0.39 is 0 Å². The number of carbonyl (C=O) groups excluding carboxylic acids is 1. The largest absolute Gasteiger partial charge is 0.357 e. The average molecular weight is 377 g/mol. The molecule has 2 aromatic rings. The molecule has 1 aliphatic carbocycles. The maximum Gasteiger partial charge on any atom is 0.234 e. The van der Waals surface area contributed by atoms with Gasteiger partial charge in [-0.25, -0.2) is 0 Å². The van der Waals surface area contributed by atoms with Crippen LogP contribution in [0.4, 0.5) is 10.8 Å². The lowest BCUT2D eigenvalue weighted by Gasteiger charge is -2.21. The molecule has 1 heterocycles. The SMILES string of the molecule is CCc1ccccc1NC(=O)CSc1nnc(NC2CCCCC2)s1. The highest BCUT2D eigenvalue weighted by Crippen LogP contribution is 2.28. The third kappa shape index (κ3) is 5.44. The van der Waals surface area contributed by atoms with E-state index in [9.17, 15) is 4.79 Å². The van der Waals surface area contributed by atoms with Crippen molar-refractivity contribution in [2.24, 2.45) is 0 Å². The minimum atomic E-state index is -0.0112. The lowest BCUT2D eigenvalue weighted by atomic mass is 9.96. The zero-order valence-corrected chi connectivity index (χ0v) is 16.1. The second-order valence-corrected chi connectivity index (χ2v) is 8.40. The Morgan fingerprint density at radius 2 is 2.04 bits per heavy atom. The Labute approximate surface area is 157 Å². The number of hydrogen-bond acceptors (Lipinski definition) is 6. The van der Waals surface area contributed by atoms with Gasteiger partial charge in [-0.3, -0.25) is 4.79 Å². The summed E-state index contributed by atoms with van der Waals surface area (Å²) in [6.07, 6.45) is 7.24. The predicted molar refractivity (Wildman–Crippen MR) is 106 cm³/mol. The molecular formula is C18H24N4OS2. The summed E-state index contributed by atoms with van der Waals surface area (Å²) in [7, 11) is 0. The molecule has 0 radical (unpaired) electrons. The Bertz CT molecular complexity index is 698. The molecule has 1 aromatic carbocycles. The van der Waals surface area contributed by atoms with E-state index in [-0.39, 0.29) is 5.91 Å². The Hall–Kier alpha value is -1.60. The number of aromatic nitrogens is 2. The van der Waals surface area contributed by atoms with E-state index in [1.165, 1.54) is 55.2 Å². The number of aryl methyl sites for hydroxylation is 1. The molecule has 1 amide bonds. The molecular weight excluding hydrogens is 352 g/mol. The number of para-hydroxylation sites is 1. The van der Waals surface area contributed by atoms with Crippen LogP contribution in [0.15, 0.2) is 28.6 Å². The van der Waals surface area contributed by atoms with Crippen molar-refractivity contribution in [1.29, 1.82) is 0 Å². The first-order chi connectivity index (χ1) is 12.2. The summed E-state index contributed by atoms with van der Waals surface area (Å²) in [5.41, 5.74) is 2.04. The molecule has 1 fully saturated rings. The highest BCUT2D eigenvalue weighted by molar-refractivity contribution is 8.01. The van der Waals surface area contributed by atoms with E-state index in [1.54, 1.807) is 0 Å². The Balaban J connectivity index is 1.47. The smallest absolute Gasteiger partial charge is 0.234 e.